The van der Waals surface area contributed by atoms with E-state index in [2.05, 4.69) is 19.2 Å². The van der Waals surface area contributed by atoms with Crippen molar-refractivity contribution in [2.24, 2.45) is 0 Å². The van der Waals surface area contributed by atoms with Gasteiger partial charge in [-0.2, -0.15) is 0 Å². The maximum Gasteiger partial charge on any atom is 0.121 e. The van der Waals surface area contributed by atoms with Crippen molar-refractivity contribution in [2.45, 2.75) is 32.5 Å². The molecule has 108 valence electrons. The highest BCUT2D eigenvalue weighted by atomic mass is 16.5. The van der Waals surface area contributed by atoms with Crippen molar-refractivity contribution < 1.29 is 9.84 Å². The van der Waals surface area contributed by atoms with Gasteiger partial charge in [0.1, 0.15) is 5.75 Å². The van der Waals surface area contributed by atoms with Gasteiger partial charge >= 0.3 is 0 Å². The van der Waals surface area contributed by atoms with Crippen LogP contribution in [0.2, 0.25) is 0 Å². The molecule has 0 aliphatic carbocycles. The minimum absolute atomic E-state index is 0.217. The number of anilines is 1. The summed E-state index contributed by atoms with van der Waals surface area (Å²) in [5.41, 5.74) is 0.971. The van der Waals surface area contributed by atoms with Gasteiger partial charge in [-0.05, 0) is 39.6 Å². The third kappa shape index (κ3) is 6.45. The molecule has 0 saturated carbocycles. The lowest BCUT2D eigenvalue weighted by Gasteiger charge is -2.18. The average molecular weight is 266 g/mol. The fourth-order valence-corrected chi connectivity index (χ4v) is 1.72. The van der Waals surface area contributed by atoms with Gasteiger partial charge in [-0.1, -0.05) is 13.0 Å². The Hall–Kier alpha value is -1.26. The lowest BCUT2D eigenvalue weighted by molar-refractivity contribution is 0.148. The molecule has 0 heterocycles. The summed E-state index contributed by atoms with van der Waals surface area (Å²) in [5, 5.41) is 13.0. The number of nitrogens with zero attached hydrogens (tertiary/aromatic N) is 1. The van der Waals surface area contributed by atoms with Crippen molar-refractivity contribution in [3.63, 3.8) is 0 Å². The number of ether oxygens (including phenoxy) is 1. The topological polar surface area (TPSA) is 44.7 Å². The second kappa shape index (κ2) is 8.02. The molecule has 4 nitrogen and oxygen atoms in total. The Morgan fingerprint density at radius 1 is 1.37 bits per heavy atom. The number of likely N-dealkylation sites (N-methyl/N-ethyl adjacent to an activating group) is 1. The van der Waals surface area contributed by atoms with Crippen LogP contribution in [0.4, 0.5) is 5.69 Å². The summed E-state index contributed by atoms with van der Waals surface area (Å²) in [7, 11) is 3.90. The summed E-state index contributed by atoms with van der Waals surface area (Å²) in [6.45, 7) is 5.34. The van der Waals surface area contributed by atoms with Gasteiger partial charge < -0.3 is 20.1 Å². The Bertz CT molecular complexity index is 369. The molecule has 0 spiro atoms. The molecule has 1 aromatic carbocycles. The number of aliphatic hydroxyl groups excluding tert-OH is 1. The van der Waals surface area contributed by atoms with Gasteiger partial charge in [0.15, 0.2) is 0 Å². The maximum absolute atomic E-state index is 9.80. The van der Waals surface area contributed by atoms with Crippen LogP contribution in [0.15, 0.2) is 24.3 Å². The zero-order valence-electron chi connectivity index (χ0n) is 12.4. The highest BCUT2D eigenvalue weighted by Crippen LogP contribution is 2.19. The smallest absolute Gasteiger partial charge is 0.121 e. The van der Waals surface area contributed by atoms with Crippen LogP contribution in [0.1, 0.15) is 20.3 Å². The third-order valence-electron chi connectivity index (χ3n) is 2.86. The molecule has 0 aliphatic heterocycles. The van der Waals surface area contributed by atoms with Crippen LogP contribution in [-0.4, -0.2) is 49.4 Å². The zero-order chi connectivity index (χ0) is 14.3. The Labute approximate surface area is 116 Å². The van der Waals surface area contributed by atoms with Crippen molar-refractivity contribution in [1.29, 1.82) is 0 Å². The van der Waals surface area contributed by atoms with Crippen LogP contribution in [0.3, 0.4) is 0 Å². The van der Waals surface area contributed by atoms with Gasteiger partial charge in [-0.15, -0.1) is 0 Å². The van der Waals surface area contributed by atoms with E-state index in [0.29, 0.717) is 13.1 Å². The summed E-state index contributed by atoms with van der Waals surface area (Å²) >= 11 is 0. The highest BCUT2D eigenvalue weighted by Gasteiger charge is 2.06. The minimum atomic E-state index is -0.380. The summed E-state index contributed by atoms with van der Waals surface area (Å²) < 4.78 is 5.76. The van der Waals surface area contributed by atoms with Crippen molar-refractivity contribution in [2.75, 3.05) is 32.5 Å². The van der Waals surface area contributed by atoms with E-state index in [9.17, 15) is 5.11 Å². The molecule has 1 aromatic rings. The minimum Gasteiger partial charge on any atom is -0.491 e. The number of nitrogens with one attached hydrogen (secondary N) is 1. The SMILES string of the molecule is CCC(C)Oc1cccc(NCC(O)CN(C)C)c1. The number of benzene rings is 1. The van der Waals surface area contributed by atoms with Gasteiger partial charge in [-0.25, -0.2) is 0 Å². The van der Waals surface area contributed by atoms with Crippen molar-refractivity contribution in [3.05, 3.63) is 24.3 Å². The molecular weight excluding hydrogens is 240 g/mol. The van der Waals surface area contributed by atoms with Crippen LogP contribution in [0, 0.1) is 0 Å². The van der Waals surface area contributed by atoms with Gasteiger partial charge in [0.05, 0.1) is 12.2 Å². The first-order valence-corrected chi connectivity index (χ1v) is 6.84. The third-order valence-corrected chi connectivity index (χ3v) is 2.86. The predicted octanol–water partition coefficient (Wildman–Crippen LogP) is 2.20. The van der Waals surface area contributed by atoms with Crippen LogP contribution in [0.25, 0.3) is 0 Å². The molecule has 4 heteroatoms. The summed E-state index contributed by atoms with van der Waals surface area (Å²) in [6, 6.07) is 7.85. The van der Waals surface area contributed by atoms with Gasteiger partial charge in [0.2, 0.25) is 0 Å². The van der Waals surface area contributed by atoms with E-state index in [1.807, 2.05) is 43.3 Å². The van der Waals surface area contributed by atoms with E-state index in [0.717, 1.165) is 17.9 Å². The quantitative estimate of drug-likeness (QED) is 0.757. The predicted molar refractivity (Wildman–Crippen MR) is 79.9 cm³/mol. The molecule has 0 radical (unpaired) electrons. The number of rotatable bonds is 8. The lowest BCUT2D eigenvalue weighted by atomic mass is 10.2. The Morgan fingerprint density at radius 2 is 2.11 bits per heavy atom. The molecule has 0 saturated heterocycles. The summed E-state index contributed by atoms with van der Waals surface area (Å²) in [5.74, 6) is 0.862. The standard InChI is InChI=1S/C15H26N2O2/c1-5-12(2)19-15-8-6-7-13(9-15)16-10-14(18)11-17(3)4/h6-9,12,14,16,18H,5,10-11H2,1-4H3. The molecule has 0 fully saturated rings. The van der Waals surface area contributed by atoms with Crippen molar-refractivity contribution >= 4 is 5.69 Å². The molecular formula is C15H26N2O2. The van der Waals surface area contributed by atoms with Gasteiger partial charge in [0, 0.05) is 24.8 Å². The molecule has 0 aliphatic rings. The van der Waals surface area contributed by atoms with E-state index in [-0.39, 0.29) is 12.2 Å². The van der Waals surface area contributed by atoms with Gasteiger partial charge in [0.25, 0.3) is 0 Å². The highest BCUT2D eigenvalue weighted by molar-refractivity contribution is 5.48. The molecule has 1 rings (SSSR count). The molecule has 19 heavy (non-hydrogen) atoms. The van der Waals surface area contributed by atoms with E-state index >= 15 is 0 Å². The van der Waals surface area contributed by atoms with Gasteiger partial charge in [-0.3, -0.25) is 0 Å². The fourth-order valence-electron chi connectivity index (χ4n) is 1.72. The number of hydrogen-bond acceptors (Lipinski definition) is 4. The Morgan fingerprint density at radius 3 is 2.74 bits per heavy atom. The Balaban J connectivity index is 2.48. The molecule has 0 aromatic heterocycles. The number of hydrogen-bond donors (Lipinski definition) is 2. The van der Waals surface area contributed by atoms with E-state index in [4.69, 9.17) is 4.74 Å². The van der Waals surface area contributed by atoms with Crippen molar-refractivity contribution in [1.82, 2.24) is 4.90 Å². The first-order chi connectivity index (χ1) is 9.01. The van der Waals surface area contributed by atoms with Crippen LogP contribution < -0.4 is 10.1 Å². The molecule has 0 bridgehead atoms. The average Bonchev–Trinajstić information content (AvgIpc) is 2.36. The number of aliphatic hydroxyl groups is 1. The van der Waals surface area contributed by atoms with E-state index < -0.39 is 0 Å². The molecule has 2 unspecified atom stereocenters. The van der Waals surface area contributed by atoms with E-state index in [1.54, 1.807) is 0 Å². The summed E-state index contributed by atoms with van der Waals surface area (Å²) in [6.07, 6.45) is 0.822. The van der Waals surface area contributed by atoms with Crippen LogP contribution in [-0.2, 0) is 0 Å². The Kier molecular flexibility index (Phi) is 6.67. The molecule has 0 amide bonds. The second-order valence-electron chi connectivity index (χ2n) is 5.16. The molecule has 2 N–H and O–H groups in total. The largest absolute Gasteiger partial charge is 0.491 e. The van der Waals surface area contributed by atoms with E-state index in [1.165, 1.54) is 0 Å². The zero-order valence-corrected chi connectivity index (χ0v) is 12.4. The maximum atomic E-state index is 9.80. The van der Waals surface area contributed by atoms with Crippen LogP contribution in [0.5, 0.6) is 5.75 Å². The fraction of sp³-hybridized carbons (Fsp3) is 0.600. The first kappa shape index (κ1) is 15.8. The molecule has 2 atom stereocenters. The summed E-state index contributed by atoms with van der Waals surface area (Å²) in [4.78, 5) is 1.97. The van der Waals surface area contributed by atoms with Crippen molar-refractivity contribution in [3.8, 4) is 5.75 Å². The second-order valence-corrected chi connectivity index (χ2v) is 5.16. The normalized spacial score (nSPS) is 14.2. The van der Waals surface area contributed by atoms with Crippen LogP contribution >= 0.6 is 0 Å². The monoisotopic (exact) mass is 266 g/mol. The lowest BCUT2D eigenvalue weighted by Crippen LogP contribution is -2.31. The first-order valence-electron chi connectivity index (χ1n) is 6.84.